The molecule has 0 bridgehead atoms. The van der Waals surface area contributed by atoms with Gasteiger partial charge in [-0.15, -0.1) is 0 Å². The van der Waals surface area contributed by atoms with E-state index in [1.807, 2.05) is 0 Å². The number of fused-ring (bicyclic) bond motifs is 1. The van der Waals surface area contributed by atoms with Crippen LogP contribution in [0.15, 0.2) is 15.9 Å². The molecule has 0 amide bonds. The van der Waals surface area contributed by atoms with Crippen molar-refractivity contribution in [1.29, 1.82) is 0 Å². The molecule has 0 aliphatic heterocycles. The molecular formula is C8H10I3N4O2-. The molecule has 0 radical (unpaired) electrons. The van der Waals surface area contributed by atoms with Crippen LogP contribution < -0.4 is 24.5 Å². The van der Waals surface area contributed by atoms with E-state index in [0.717, 1.165) is 4.57 Å². The third-order valence-electron chi connectivity index (χ3n) is 2.32. The van der Waals surface area contributed by atoms with Gasteiger partial charge in [-0.25, -0.2) is 9.78 Å². The Hall–Kier alpha value is 0.340. The van der Waals surface area contributed by atoms with E-state index >= 15 is 0 Å². The molecule has 0 saturated carbocycles. The van der Waals surface area contributed by atoms with E-state index < -0.39 is 0 Å². The number of rotatable bonds is 0. The Balaban J connectivity index is 0.000000437. The molecule has 17 heavy (non-hydrogen) atoms. The van der Waals surface area contributed by atoms with Crippen LogP contribution in [0.4, 0.5) is 0 Å². The van der Waals surface area contributed by atoms with Gasteiger partial charge in [0.25, 0.3) is 5.56 Å². The van der Waals surface area contributed by atoms with Crippen LogP contribution in [0, 0.1) is 0 Å². The van der Waals surface area contributed by atoms with Crippen molar-refractivity contribution in [3.63, 3.8) is 0 Å². The van der Waals surface area contributed by atoms with Crippen molar-refractivity contribution in [2.45, 2.75) is 0 Å². The van der Waals surface area contributed by atoms with Gasteiger partial charge in [-0.1, -0.05) is 0 Å². The van der Waals surface area contributed by atoms with Crippen LogP contribution in [-0.4, -0.2) is 18.7 Å². The van der Waals surface area contributed by atoms with Gasteiger partial charge in [0.15, 0.2) is 11.2 Å². The van der Waals surface area contributed by atoms with E-state index in [-0.39, 0.29) is 11.2 Å². The van der Waals surface area contributed by atoms with E-state index in [2.05, 4.69) is 42.2 Å². The van der Waals surface area contributed by atoms with Crippen LogP contribution >= 0.6 is 37.2 Å². The number of hydrogen-bond acceptors (Lipinski definition) is 3. The number of halogens is 3. The first-order valence-electron chi connectivity index (χ1n) is 4.39. The Morgan fingerprint density at radius 2 is 1.71 bits per heavy atom. The second-order valence-electron chi connectivity index (χ2n) is 3.29. The molecule has 2 aromatic heterocycles. The molecule has 6 nitrogen and oxygen atoms in total. The second kappa shape index (κ2) is 6.49. The van der Waals surface area contributed by atoms with Crippen molar-refractivity contribution < 1.29 is 13.3 Å². The van der Waals surface area contributed by atoms with Crippen molar-refractivity contribution in [2.24, 2.45) is 21.1 Å². The molecule has 0 aromatic carbocycles. The summed E-state index contributed by atoms with van der Waals surface area (Å²) in [5.41, 5.74) is 0.180. The Kier molecular flexibility index (Phi) is 5.88. The molecule has 2 rings (SSSR count). The molecule has 9 heteroatoms. The van der Waals surface area contributed by atoms with Crippen LogP contribution in [0.5, 0.6) is 0 Å². The summed E-state index contributed by atoms with van der Waals surface area (Å²) in [6, 6.07) is 0. The standard InChI is InChI=1S/C8H10N4O2.I3/c1-10-4-9-6-5(10)7(13)12(3)8(14)11(6)2;1-3-2/h4H,1-3H3;/q;-1. The Labute approximate surface area is 127 Å². The molecule has 0 aliphatic rings. The zero-order chi connectivity index (χ0) is 13.2. The zero-order valence-corrected chi connectivity index (χ0v) is 15.8. The van der Waals surface area contributed by atoms with Gasteiger partial charge in [0.05, 0.1) is 6.33 Å². The van der Waals surface area contributed by atoms with Crippen molar-refractivity contribution in [2.75, 3.05) is 0 Å². The summed E-state index contributed by atoms with van der Waals surface area (Å²) in [4.78, 5) is 27.2. The van der Waals surface area contributed by atoms with Crippen LogP contribution in [0.25, 0.3) is 11.2 Å². The molecule has 0 fully saturated rings. The molecule has 0 aliphatic carbocycles. The topological polar surface area (TPSA) is 61.8 Å². The van der Waals surface area contributed by atoms with Crippen molar-refractivity contribution in [1.82, 2.24) is 18.7 Å². The number of nitrogens with zero attached hydrogens (tertiary/aromatic N) is 4. The van der Waals surface area contributed by atoms with Crippen LogP contribution in [0.3, 0.4) is 0 Å². The number of aromatic nitrogens is 4. The van der Waals surface area contributed by atoms with Gasteiger partial charge in [0.1, 0.15) is 0 Å². The first kappa shape index (κ1) is 15.4. The summed E-state index contributed by atoms with van der Waals surface area (Å²) in [5.74, 6) is 0. The maximum atomic E-state index is 11.7. The summed E-state index contributed by atoms with van der Waals surface area (Å²) in [7, 11) is 4.77. The van der Waals surface area contributed by atoms with Gasteiger partial charge in [-0.3, -0.25) is 13.9 Å². The third-order valence-corrected chi connectivity index (χ3v) is 2.32. The van der Waals surface area contributed by atoms with E-state index in [1.54, 1.807) is 18.7 Å². The SMILES string of the molecule is Cn1c(=O)c2c(ncn2C)n(C)c1=O.I[I-]I. The van der Waals surface area contributed by atoms with E-state index in [0.29, 0.717) is 24.4 Å². The fourth-order valence-corrected chi connectivity index (χ4v) is 1.47. The second-order valence-corrected chi connectivity index (χ2v) is 19.5. The Morgan fingerprint density at radius 1 is 1.18 bits per heavy atom. The first-order valence-corrected chi connectivity index (χ1v) is 17.0. The van der Waals surface area contributed by atoms with Crippen molar-refractivity contribution >= 4 is 48.4 Å². The average Bonchev–Trinajstić information content (AvgIpc) is 2.67. The predicted molar refractivity (Wildman–Crippen MR) is 79.2 cm³/mol. The van der Waals surface area contributed by atoms with Gasteiger partial charge in [0.2, 0.25) is 0 Å². The molecule has 0 unspecified atom stereocenters. The molecular weight excluding hydrogens is 565 g/mol. The summed E-state index contributed by atoms with van der Waals surface area (Å²) in [6.45, 7) is 0. The van der Waals surface area contributed by atoms with E-state index in [4.69, 9.17) is 0 Å². The van der Waals surface area contributed by atoms with Crippen LogP contribution in [0.2, 0.25) is 0 Å². The quantitative estimate of drug-likeness (QED) is 0.334. The van der Waals surface area contributed by atoms with Crippen LogP contribution in [-0.2, 0) is 21.1 Å². The minimum atomic E-state index is -0.360. The molecule has 0 N–H and O–H groups in total. The molecule has 2 heterocycles. The Morgan fingerprint density at radius 3 is 2.24 bits per heavy atom. The summed E-state index contributed by atoms with van der Waals surface area (Å²) in [5, 5.41) is 0. The summed E-state index contributed by atoms with van der Waals surface area (Å²) in [6.07, 6.45) is 1.52. The predicted octanol–water partition coefficient (Wildman–Crippen LogP) is -2.25. The van der Waals surface area contributed by atoms with Gasteiger partial charge in [0, 0.05) is 21.1 Å². The number of hydrogen-bond donors (Lipinski definition) is 0. The molecule has 96 valence electrons. The molecule has 0 saturated heterocycles. The Bertz CT molecular complexity index is 642. The van der Waals surface area contributed by atoms with Crippen molar-refractivity contribution in [3.05, 3.63) is 27.2 Å². The van der Waals surface area contributed by atoms with E-state index in [9.17, 15) is 9.59 Å². The number of imidazole rings is 1. The normalized spacial score (nSPS) is 10.4. The fraction of sp³-hybridized carbons (Fsp3) is 0.375. The summed E-state index contributed by atoms with van der Waals surface area (Å²) < 4.78 is 4.04. The van der Waals surface area contributed by atoms with Gasteiger partial charge < -0.3 is 4.57 Å². The van der Waals surface area contributed by atoms with Gasteiger partial charge >= 0.3 is 56.2 Å². The van der Waals surface area contributed by atoms with Gasteiger partial charge in [-0.05, 0) is 0 Å². The minimum absolute atomic E-state index is 0.317. The van der Waals surface area contributed by atoms with Crippen molar-refractivity contribution in [3.8, 4) is 0 Å². The van der Waals surface area contributed by atoms with Gasteiger partial charge in [-0.2, -0.15) is 0 Å². The average molecular weight is 575 g/mol. The fourth-order valence-electron chi connectivity index (χ4n) is 1.47. The number of aryl methyl sites for hydroxylation is 2. The monoisotopic (exact) mass is 575 g/mol. The zero-order valence-electron chi connectivity index (χ0n) is 9.32. The third kappa shape index (κ3) is 3.02. The summed E-state index contributed by atoms with van der Waals surface area (Å²) >= 11 is 5.30. The molecule has 2 aromatic rings. The first-order chi connectivity index (χ1) is 7.95. The van der Waals surface area contributed by atoms with E-state index in [1.165, 1.54) is 17.9 Å². The maximum absolute atomic E-state index is 11.7. The van der Waals surface area contributed by atoms with Crippen LogP contribution in [0.1, 0.15) is 0 Å². The molecule has 0 atom stereocenters. The molecule has 0 spiro atoms.